The second-order valence-electron chi connectivity index (χ2n) is 4.50. The van der Waals surface area contributed by atoms with Gasteiger partial charge >= 0.3 is 0 Å². The SMILES string of the molecule is Cc1ccccc1-c1nnc(/C=C/c2ccccc2)o1. The molecule has 3 heteroatoms. The molecule has 0 fully saturated rings. The molecule has 0 saturated carbocycles. The number of benzene rings is 2. The van der Waals surface area contributed by atoms with E-state index in [2.05, 4.69) is 10.2 Å². The molecule has 0 aliphatic rings. The zero-order valence-electron chi connectivity index (χ0n) is 11.2. The highest BCUT2D eigenvalue weighted by molar-refractivity contribution is 5.66. The van der Waals surface area contributed by atoms with Crippen molar-refractivity contribution in [2.75, 3.05) is 0 Å². The molecule has 3 aromatic rings. The molecule has 0 spiro atoms. The van der Waals surface area contributed by atoms with Gasteiger partial charge < -0.3 is 4.42 Å². The minimum Gasteiger partial charge on any atom is -0.417 e. The van der Waals surface area contributed by atoms with Crippen molar-refractivity contribution in [3.63, 3.8) is 0 Å². The van der Waals surface area contributed by atoms with Crippen LogP contribution in [0, 0.1) is 6.92 Å². The van der Waals surface area contributed by atoms with Crippen LogP contribution in [0.3, 0.4) is 0 Å². The van der Waals surface area contributed by atoms with Crippen molar-refractivity contribution < 1.29 is 4.42 Å². The fraction of sp³-hybridized carbons (Fsp3) is 0.0588. The van der Waals surface area contributed by atoms with Crippen molar-refractivity contribution in [3.05, 3.63) is 71.6 Å². The molecule has 1 heterocycles. The summed E-state index contributed by atoms with van der Waals surface area (Å²) in [4.78, 5) is 0. The Morgan fingerprint density at radius 2 is 1.60 bits per heavy atom. The van der Waals surface area contributed by atoms with Gasteiger partial charge in [-0.2, -0.15) is 0 Å². The van der Waals surface area contributed by atoms with Gasteiger partial charge in [-0.25, -0.2) is 0 Å². The Balaban J connectivity index is 1.85. The fourth-order valence-corrected chi connectivity index (χ4v) is 1.96. The summed E-state index contributed by atoms with van der Waals surface area (Å²) in [5.74, 6) is 1.06. The van der Waals surface area contributed by atoms with Crippen LogP contribution >= 0.6 is 0 Å². The lowest BCUT2D eigenvalue weighted by molar-refractivity contribution is 0.557. The van der Waals surface area contributed by atoms with E-state index in [-0.39, 0.29) is 0 Å². The number of aryl methyl sites for hydroxylation is 1. The second-order valence-corrected chi connectivity index (χ2v) is 4.50. The lowest BCUT2D eigenvalue weighted by atomic mass is 10.1. The van der Waals surface area contributed by atoms with Gasteiger partial charge in [0.15, 0.2) is 0 Å². The Morgan fingerprint density at radius 3 is 2.40 bits per heavy atom. The van der Waals surface area contributed by atoms with E-state index in [9.17, 15) is 0 Å². The van der Waals surface area contributed by atoms with Gasteiger partial charge in [-0.1, -0.05) is 48.5 Å². The molecule has 2 aromatic carbocycles. The summed E-state index contributed by atoms with van der Waals surface area (Å²) in [6.07, 6.45) is 3.78. The Kier molecular flexibility index (Phi) is 3.42. The molecule has 0 saturated heterocycles. The van der Waals surface area contributed by atoms with Crippen LogP contribution in [0.15, 0.2) is 59.0 Å². The van der Waals surface area contributed by atoms with Crippen LogP contribution in [-0.4, -0.2) is 10.2 Å². The summed E-state index contributed by atoms with van der Waals surface area (Å²) in [7, 11) is 0. The third kappa shape index (κ3) is 2.67. The van der Waals surface area contributed by atoms with Crippen LogP contribution < -0.4 is 0 Å². The maximum atomic E-state index is 5.66. The van der Waals surface area contributed by atoms with Crippen LogP contribution in [-0.2, 0) is 0 Å². The van der Waals surface area contributed by atoms with E-state index in [0.29, 0.717) is 11.8 Å². The standard InChI is InChI=1S/C17H14N2O/c1-13-7-5-6-10-15(13)17-19-18-16(20-17)12-11-14-8-3-2-4-9-14/h2-12H,1H3/b12-11+. The first-order valence-electron chi connectivity index (χ1n) is 6.45. The first-order valence-corrected chi connectivity index (χ1v) is 6.45. The minimum absolute atomic E-state index is 0.507. The lowest BCUT2D eigenvalue weighted by Gasteiger charge is -1.98. The Bertz CT molecular complexity index is 730. The molecule has 0 unspecified atom stereocenters. The van der Waals surface area contributed by atoms with Crippen LogP contribution in [0.4, 0.5) is 0 Å². The van der Waals surface area contributed by atoms with Gasteiger partial charge in [-0.05, 0) is 30.2 Å². The molecular weight excluding hydrogens is 248 g/mol. The van der Waals surface area contributed by atoms with Gasteiger partial charge in [0.1, 0.15) is 0 Å². The van der Waals surface area contributed by atoms with Crippen molar-refractivity contribution in [2.24, 2.45) is 0 Å². The smallest absolute Gasteiger partial charge is 0.248 e. The van der Waals surface area contributed by atoms with Gasteiger partial charge in [0.25, 0.3) is 0 Å². The first kappa shape index (κ1) is 12.4. The van der Waals surface area contributed by atoms with E-state index >= 15 is 0 Å². The average Bonchev–Trinajstić information content (AvgIpc) is 2.95. The Hall–Kier alpha value is -2.68. The Morgan fingerprint density at radius 1 is 0.850 bits per heavy atom. The monoisotopic (exact) mass is 262 g/mol. The van der Waals surface area contributed by atoms with Gasteiger partial charge in [0.2, 0.25) is 11.8 Å². The average molecular weight is 262 g/mol. The first-order chi connectivity index (χ1) is 9.83. The van der Waals surface area contributed by atoms with Gasteiger partial charge in [-0.3, -0.25) is 0 Å². The van der Waals surface area contributed by atoms with Gasteiger partial charge in [-0.15, -0.1) is 10.2 Å². The lowest BCUT2D eigenvalue weighted by Crippen LogP contribution is -1.81. The van der Waals surface area contributed by atoms with Crippen LogP contribution in [0.25, 0.3) is 23.6 Å². The van der Waals surface area contributed by atoms with E-state index in [1.165, 1.54) is 0 Å². The molecule has 0 aliphatic carbocycles. The van der Waals surface area contributed by atoms with E-state index in [4.69, 9.17) is 4.42 Å². The summed E-state index contributed by atoms with van der Waals surface area (Å²) in [6, 6.07) is 18.0. The molecule has 98 valence electrons. The molecule has 20 heavy (non-hydrogen) atoms. The van der Waals surface area contributed by atoms with Gasteiger partial charge in [0.05, 0.1) is 0 Å². The van der Waals surface area contributed by atoms with Crippen LogP contribution in [0.2, 0.25) is 0 Å². The molecule has 0 bridgehead atoms. The van der Waals surface area contributed by atoms with Gasteiger partial charge in [0, 0.05) is 11.6 Å². The summed E-state index contributed by atoms with van der Waals surface area (Å²) in [6.45, 7) is 2.03. The van der Waals surface area contributed by atoms with E-state index in [0.717, 1.165) is 16.7 Å². The van der Waals surface area contributed by atoms with Crippen LogP contribution in [0.1, 0.15) is 17.0 Å². The number of hydrogen-bond donors (Lipinski definition) is 0. The number of nitrogens with zero attached hydrogens (tertiary/aromatic N) is 2. The molecule has 3 nitrogen and oxygen atoms in total. The molecule has 0 amide bonds. The molecule has 3 rings (SSSR count). The third-order valence-corrected chi connectivity index (χ3v) is 3.03. The quantitative estimate of drug-likeness (QED) is 0.709. The highest BCUT2D eigenvalue weighted by atomic mass is 16.4. The largest absolute Gasteiger partial charge is 0.417 e. The van der Waals surface area contributed by atoms with Crippen molar-refractivity contribution in [3.8, 4) is 11.5 Å². The van der Waals surface area contributed by atoms with Crippen molar-refractivity contribution in [1.82, 2.24) is 10.2 Å². The maximum absolute atomic E-state index is 5.66. The van der Waals surface area contributed by atoms with Crippen LogP contribution in [0.5, 0.6) is 0 Å². The van der Waals surface area contributed by atoms with E-state index in [1.54, 1.807) is 0 Å². The fourth-order valence-electron chi connectivity index (χ4n) is 1.96. The molecule has 0 radical (unpaired) electrons. The minimum atomic E-state index is 0.507. The molecule has 0 N–H and O–H groups in total. The van der Waals surface area contributed by atoms with E-state index in [1.807, 2.05) is 73.7 Å². The van der Waals surface area contributed by atoms with E-state index < -0.39 is 0 Å². The van der Waals surface area contributed by atoms with Crippen molar-refractivity contribution in [1.29, 1.82) is 0 Å². The molecule has 1 aromatic heterocycles. The van der Waals surface area contributed by atoms with Crippen molar-refractivity contribution >= 4 is 12.2 Å². The highest BCUT2D eigenvalue weighted by Gasteiger charge is 2.08. The zero-order chi connectivity index (χ0) is 13.8. The summed E-state index contributed by atoms with van der Waals surface area (Å²) >= 11 is 0. The van der Waals surface area contributed by atoms with Crippen molar-refractivity contribution in [2.45, 2.75) is 6.92 Å². The zero-order valence-corrected chi connectivity index (χ0v) is 11.2. The predicted octanol–water partition coefficient (Wildman–Crippen LogP) is 4.22. The predicted molar refractivity (Wildman–Crippen MR) is 79.8 cm³/mol. The Labute approximate surface area is 117 Å². The number of hydrogen-bond acceptors (Lipinski definition) is 3. The second kappa shape index (κ2) is 5.53. The molecular formula is C17H14N2O. The number of rotatable bonds is 3. The maximum Gasteiger partial charge on any atom is 0.248 e. The summed E-state index contributed by atoms with van der Waals surface area (Å²) < 4.78 is 5.66. The normalized spacial score (nSPS) is 11.1. The molecule has 0 aliphatic heterocycles. The summed E-state index contributed by atoms with van der Waals surface area (Å²) in [5, 5.41) is 8.14. The highest BCUT2D eigenvalue weighted by Crippen LogP contribution is 2.22. The topological polar surface area (TPSA) is 38.9 Å². The summed E-state index contributed by atoms with van der Waals surface area (Å²) in [5.41, 5.74) is 3.19. The number of aromatic nitrogens is 2. The third-order valence-electron chi connectivity index (χ3n) is 3.03. The molecule has 0 atom stereocenters.